The van der Waals surface area contributed by atoms with Crippen molar-refractivity contribution in [1.82, 2.24) is 14.8 Å². The van der Waals surface area contributed by atoms with Crippen LogP contribution in [-0.2, 0) is 11.4 Å². The quantitative estimate of drug-likeness (QED) is 0.249. The molecule has 0 aliphatic heterocycles. The maximum absolute atomic E-state index is 12.9. The van der Waals surface area contributed by atoms with Crippen LogP contribution in [0.5, 0.6) is 5.75 Å². The van der Waals surface area contributed by atoms with E-state index in [-0.39, 0.29) is 18.3 Å². The third-order valence-electron chi connectivity index (χ3n) is 5.31. The smallest absolute Gasteiger partial charge is 0.237 e. The fraction of sp³-hybridized carbons (Fsp3) is 0.185. The predicted octanol–water partition coefficient (Wildman–Crippen LogP) is 5.48. The van der Waals surface area contributed by atoms with Crippen LogP contribution in [0.1, 0.15) is 35.6 Å². The molecule has 4 aromatic rings. The molecule has 4 rings (SSSR count). The van der Waals surface area contributed by atoms with Crippen LogP contribution >= 0.6 is 11.8 Å². The molecule has 0 aliphatic carbocycles. The van der Waals surface area contributed by atoms with Gasteiger partial charge in [0.15, 0.2) is 16.8 Å². The van der Waals surface area contributed by atoms with Crippen molar-refractivity contribution in [3.63, 3.8) is 0 Å². The number of hydrogen-bond donors (Lipinski definition) is 1. The van der Waals surface area contributed by atoms with Gasteiger partial charge in [-0.15, -0.1) is 10.2 Å². The van der Waals surface area contributed by atoms with Gasteiger partial charge in [0.05, 0.1) is 5.25 Å². The van der Waals surface area contributed by atoms with E-state index in [1.165, 1.54) is 18.7 Å². The number of aromatic nitrogens is 3. The first-order chi connectivity index (χ1) is 16.9. The van der Waals surface area contributed by atoms with Crippen LogP contribution in [0.4, 0.5) is 5.69 Å². The van der Waals surface area contributed by atoms with Gasteiger partial charge in [-0.1, -0.05) is 47.7 Å². The van der Waals surface area contributed by atoms with Gasteiger partial charge in [0, 0.05) is 16.9 Å². The lowest BCUT2D eigenvalue weighted by Crippen LogP contribution is -2.23. The highest BCUT2D eigenvalue weighted by molar-refractivity contribution is 8.00. The second-order valence-electron chi connectivity index (χ2n) is 8.05. The number of Topliss-reactive ketones (excluding diaryl/α,β-unsaturated/α-hetero) is 1. The Morgan fingerprint density at radius 1 is 0.971 bits per heavy atom. The maximum atomic E-state index is 12.9. The molecule has 0 unspecified atom stereocenters. The first-order valence-electron chi connectivity index (χ1n) is 11.2. The Hall–Kier alpha value is -3.91. The summed E-state index contributed by atoms with van der Waals surface area (Å²) in [6.07, 6.45) is 0. The van der Waals surface area contributed by atoms with E-state index in [1.807, 2.05) is 73.0 Å². The Bertz CT molecular complexity index is 1300. The highest BCUT2D eigenvalue weighted by Gasteiger charge is 2.22. The Kier molecular flexibility index (Phi) is 7.62. The van der Waals surface area contributed by atoms with E-state index in [1.54, 1.807) is 24.3 Å². The normalized spacial score (nSPS) is 11.6. The van der Waals surface area contributed by atoms with Crippen molar-refractivity contribution in [3.8, 4) is 11.4 Å². The average Bonchev–Trinajstić information content (AvgIpc) is 3.26. The molecule has 35 heavy (non-hydrogen) atoms. The zero-order valence-corrected chi connectivity index (χ0v) is 20.6. The fourth-order valence-corrected chi connectivity index (χ4v) is 4.22. The SMILES string of the molecule is CC(=O)c1ccc(NC(=O)[C@@H](C)Sc2nnc(COc3ccccc3)n2-c2ccc(C)cc2)cc1. The summed E-state index contributed by atoms with van der Waals surface area (Å²) >= 11 is 1.31. The molecule has 0 saturated carbocycles. The minimum Gasteiger partial charge on any atom is -0.486 e. The molecule has 178 valence electrons. The van der Waals surface area contributed by atoms with Gasteiger partial charge in [0.1, 0.15) is 12.4 Å². The number of carbonyl (C=O) groups is 2. The van der Waals surface area contributed by atoms with Crippen LogP contribution in [0.2, 0.25) is 0 Å². The number of carbonyl (C=O) groups excluding carboxylic acids is 2. The van der Waals surface area contributed by atoms with E-state index in [2.05, 4.69) is 15.5 Å². The van der Waals surface area contributed by atoms with E-state index in [0.29, 0.717) is 22.2 Å². The van der Waals surface area contributed by atoms with Crippen LogP contribution in [0.3, 0.4) is 0 Å². The molecule has 1 N–H and O–H groups in total. The van der Waals surface area contributed by atoms with E-state index in [4.69, 9.17) is 4.74 Å². The Morgan fingerprint density at radius 3 is 2.31 bits per heavy atom. The molecule has 1 heterocycles. The molecule has 3 aromatic carbocycles. The van der Waals surface area contributed by atoms with Crippen LogP contribution < -0.4 is 10.1 Å². The van der Waals surface area contributed by atoms with E-state index in [9.17, 15) is 9.59 Å². The number of rotatable bonds is 9. The van der Waals surface area contributed by atoms with Crippen LogP contribution in [-0.4, -0.2) is 31.7 Å². The number of aryl methyl sites for hydroxylation is 1. The van der Waals surface area contributed by atoms with Crippen LogP contribution in [0.15, 0.2) is 84.0 Å². The zero-order chi connectivity index (χ0) is 24.8. The molecule has 0 spiro atoms. The number of nitrogens with one attached hydrogen (secondary N) is 1. The van der Waals surface area contributed by atoms with Crippen LogP contribution in [0.25, 0.3) is 5.69 Å². The Labute approximate surface area is 208 Å². The number of hydrogen-bond acceptors (Lipinski definition) is 6. The molecule has 8 heteroatoms. The summed E-state index contributed by atoms with van der Waals surface area (Å²) in [4.78, 5) is 24.3. The lowest BCUT2D eigenvalue weighted by molar-refractivity contribution is -0.115. The number of nitrogens with zero attached hydrogens (tertiary/aromatic N) is 3. The number of amides is 1. The van der Waals surface area contributed by atoms with Crippen LogP contribution in [0, 0.1) is 6.92 Å². The molecule has 0 aliphatic rings. The van der Waals surface area contributed by atoms with Crippen molar-refractivity contribution in [2.45, 2.75) is 37.8 Å². The third-order valence-corrected chi connectivity index (χ3v) is 6.36. The molecule has 1 aromatic heterocycles. The fourth-order valence-electron chi connectivity index (χ4n) is 3.33. The predicted molar refractivity (Wildman–Crippen MR) is 137 cm³/mol. The molecule has 0 bridgehead atoms. The largest absolute Gasteiger partial charge is 0.486 e. The van der Waals surface area contributed by atoms with Crippen molar-refractivity contribution in [2.75, 3.05) is 5.32 Å². The number of ether oxygens (including phenoxy) is 1. The highest BCUT2D eigenvalue weighted by Crippen LogP contribution is 2.27. The summed E-state index contributed by atoms with van der Waals surface area (Å²) in [5.74, 6) is 1.18. The molecule has 1 atom stereocenters. The van der Waals surface area contributed by atoms with E-state index >= 15 is 0 Å². The molecule has 7 nitrogen and oxygen atoms in total. The van der Waals surface area contributed by atoms with Gasteiger partial charge in [-0.05, 0) is 69.3 Å². The standard InChI is InChI=1S/C27H26N4O3S/c1-18-9-15-23(16-10-18)31-25(17-34-24-7-5-4-6-8-24)29-30-27(31)35-20(3)26(33)28-22-13-11-21(12-14-22)19(2)32/h4-16,20H,17H2,1-3H3,(H,28,33)/t20-/m1/s1. The number of thioether (sulfide) groups is 1. The van der Waals surface area contributed by atoms with Gasteiger partial charge >= 0.3 is 0 Å². The molecule has 0 fully saturated rings. The summed E-state index contributed by atoms with van der Waals surface area (Å²) in [5, 5.41) is 11.8. The minimum atomic E-state index is -0.446. The van der Waals surface area contributed by atoms with E-state index < -0.39 is 5.25 Å². The number of para-hydroxylation sites is 1. The van der Waals surface area contributed by atoms with Crippen molar-refractivity contribution >= 4 is 29.1 Å². The second-order valence-corrected chi connectivity index (χ2v) is 9.36. The Balaban J connectivity index is 1.52. The number of anilines is 1. The monoisotopic (exact) mass is 486 g/mol. The lowest BCUT2D eigenvalue weighted by Gasteiger charge is -2.14. The first kappa shape index (κ1) is 24.2. The van der Waals surface area contributed by atoms with Crippen molar-refractivity contribution in [2.24, 2.45) is 0 Å². The van der Waals surface area contributed by atoms with Gasteiger partial charge in [0.25, 0.3) is 0 Å². The van der Waals surface area contributed by atoms with Gasteiger partial charge in [-0.25, -0.2) is 0 Å². The molecular weight excluding hydrogens is 460 g/mol. The maximum Gasteiger partial charge on any atom is 0.237 e. The molecule has 0 saturated heterocycles. The van der Waals surface area contributed by atoms with Crippen molar-refractivity contribution in [1.29, 1.82) is 0 Å². The number of benzene rings is 3. The summed E-state index contributed by atoms with van der Waals surface area (Å²) in [5.41, 5.74) is 3.26. The van der Waals surface area contributed by atoms with E-state index in [0.717, 1.165) is 17.0 Å². The molecule has 1 amide bonds. The Morgan fingerprint density at radius 2 is 1.66 bits per heavy atom. The topological polar surface area (TPSA) is 86.1 Å². The van der Waals surface area contributed by atoms with Gasteiger partial charge in [0.2, 0.25) is 5.91 Å². The second kappa shape index (κ2) is 11.0. The zero-order valence-electron chi connectivity index (χ0n) is 19.8. The lowest BCUT2D eigenvalue weighted by atomic mass is 10.1. The average molecular weight is 487 g/mol. The van der Waals surface area contributed by atoms with Gasteiger partial charge in [-0.2, -0.15) is 0 Å². The minimum absolute atomic E-state index is 0.0192. The summed E-state index contributed by atoms with van der Waals surface area (Å²) in [6, 6.07) is 24.4. The number of ketones is 1. The third kappa shape index (κ3) is 6.16. The van der Waals surface area contributed by atoms with Gasteiger partial charge < -0.3 is 10.1 Å². The van der Waals surface area contributed by atoms with Gasteiger partial charge in [-0.3, -0.25) is 14.2 Å². The highest BCUT2D eigenvalue weighted by atomic mass is 32.2. The summed E-state index contributed by atoms with van der Waals surface area (Å²) < 4.78 is 7.83. The molecule has 0 radical (unpaired) electrons. The van der Waals surface area contributed by atoms with Crippen molar-refractivity contribution < 1.29 is 14.3 Å². The first-order valence-corrected chi connectivity index (χ1v) is 12.1. The summed E-state index contributed by atoms with van der Waals surface area (Å²) in [6.45, 7) is 5.59. The van der Waals surface area contributed by atoms with Crippen molar-refractivity contribution in [3.05, 3.63) is 95.8 Å². The molecular formula is C27H26N4O3S. The summed E-state index contributed by atoms with van der Waals surface area (Å²) in [7, 11) is 0.